The van der Waals surface area contributed by atoms with Crippen molar-refractivity contribution in [2.45, 2.75) is 70.3 Å². The minimum atomic E-state index is -0.195. The Kier molecular flexibility index (Phi) is 10.2. The molecule has 0 aromatic heterocycles. The van der Waals surface area contributed by atoms with Crippen molar-refractivity contribution in [1.82, 2.24) is 14.7 Å². The highest BCUT2D eigenvalue weighted by atomic mass is 35.5. The molecule has 3 aliphatic heterocycles. The molecule has 1 saturated carbocycles. The Morgan fingerprint density at radius 3 is 2.21 bits per heavy atom. The summed E-state index contributed by atoms with van der Waals surface area (Å²) in [6, 6.07) is 18.9. The highest BCUT2D eigenvalue weighted by molar-refractivity contribution is 5.85. The molecule has 6 nitrogen and oxygen atoms in total. The van der Waals surface area contributed by atoms with E-state index in [4.69, 9.17) is 4.74 Å². The van der Waals surface area contributed by atoms with E-state index >= 15 is 0 Å². The molecule has 0 unspecified atom stereocenters. The van der Waals surface area contributed by atoms with Crippen molar-refractivity contribution < 1.29 is 14.3 Å². The van der Waals surface area contributed by atoms with Gasteiger partial charge in [0.1, 0.15) is 5.75 Å². The third-order valence-corrected chi connectivity index (χ3v) is 10.6. The van der Waals surface area contributed by atoms with Gasteiger partial charge in [-0.25, -0.2) is 0 Å². The summed E-state index contributed by atoms with van der Waals surface area (Å²) in [6.07, 6.45) is 9.92. The van der Waals surface area contributed by atoms with Gasteiger partial charge in [0.25, 0.3) is 0 Å². The number of methoxy groups -OCH3 is 1. The molecule has 4 fully saturated rings. The third-order valence-electron chi connectivity index (χ3n) is 10.6. The molecule has 0 bridgehead atoms. The smallest absolute Gasteiger partial charge is 0.229 e. The van der Waals surface area contributed by atoms with E-state index in [1.807, 2.05) is 12.1 Å². The summed E-state index contributed by atoms with van der Waals surface area (Å²) in [5, 5.41) is 0. The predicted molar refractivity (Wildman–Crippen MR) is 169 cm³/mol. The number of rotatable bonds is 7. The SMILES string of the molecule is COc1ccc(CN2CCC3(CCN(C[C@H]4CN(C(=O)C5CCCCCC5)C[C@@H]4c4ccccc4)CC3)C2=O)cc1.Cl. The lowest BCUT2D eigenvalue weighted by atomic mass is 9.76. The topological polar surface area (TPSA) is 53.1 Å². The Morgan fingerprint density at radius 1 is 0.881 bits per heavy atom. The van der Waals surface area contributed by atoms with Gasteiger partial charge < -0.3 is 19.4 Å². The predicted octanol–water partition coefficient (Wildman–Crippen LogP) is 6.14. The zero-order valence-electron chi connectivity index (χ0n) is 25.2. The molecule has 42 heavy (non-hydrogen) atoms. The van der Waals surface area contributed by atoms with Gasteiger partial charge in [-0.05, 0) is 74.4 Å². The van der Waals surface area contributed by atoms with Gasteiger partial charge in [-0.1, -0.05) is 68.1 Å². The number of piperidine rings is 1. The van der Waals surface area contributed by atoms with Crippen molar-refractivity contribution in [1.29, 1.82) is 0 Å². The van der Waals surface area contributed by atoms with E-state index in [2.05, 4.69) is 57.2 Å². The number of benzene rings is 2. The summed E-state index contributed by atoms with van der Waals surface area (Å²) < 4.78 is 5.28. The molecule has 2 amide bonds. The fraction of sp³-hybridized carbons (Fsp3) is 0.600. The zero-order valence-corrected chi connectivity index (χ0v) is 26.0. The first-order valence-corrected chi connectivity index (χ1v) is 16.0. The Labute approximate surface area is 258 Å². The molecule has 2 atom stereocenters. The van der Waals surface area contributed by atoms with Crippen LogP contribution in [0.3, 0.4) is 0 Å². The number of nitrogens with zero attached hydrogens (tertiary/aromatic N) is 3. The number of carbonyl (C=O) groups is 2. The van der Waals surface area contributed by atoms with E-state index in [-0.39, 0.29) is 23.7 Å². The third kappa shape index (κ3) is 6.65. The maximum Gasteiger partial charge on any atom is 0.229 e. The molecule has 228 valence electrons. The van der Waals surface area contributed by atoms with Crippen LogP contribution in [0.15, 0.2) is 54.6 Å². The largest absolute Gasteiger partial charge is 0.497 e. The first-order chi connectivity index (χ1) is 20.0. The van der Waals surface area contributed by atoms with Crippen LogP contribution >= 0.6 is 12.4 Å². The Hall–Kier alpha value is -2.57. The van der Waals surface area contributed by atoms with E-state index in [0.29, 0.717) is 30.2 Å². The first-order valence-electron chi connectivity index (χ1n) is 16.0. The minimum Gasteiger partial charge on any atom is -0.497 e. The number of amides is 2. The van der Waals surface area contributed by atoms with Gasteiger partial charge >= 0.3 is 0 Å². The molecular formula is C35H48ClN3O3. The van der Waals surface area contributed by atoms with Crippen molar-refractivity contribution in [3.8, 4) is 5.75 Å². The Morgan fingerprint density at radius 2 is 1.55 bits per heavy atom. The van der Waals surface area contributed by atoms with E-state index in [1.54, 1.807) is 7.11 Å². The molecule has 4 aliphatic rings. The standard InChI is InChI=1S/C35H47N3O3.ClH/c1-41-31-15-13-27(14-16-31)23-37-22-19-35(34(37)40)17-20-36(21-18-35)24-30-25-38(26-32(30)28-9-7-4-8-10-28)33(39)29-11-5-2-3-6-12-29;/h4,7-10,13-16,29-30,32H,2-3,5-6,11-12,17-26H2,1H3;1H/t30-,32+;/m0./s1. The second-order valence-corrected chi connectivity index (χ2v) is 13.1. The van der Waals surface area contributed by atoms with Gasteiger partial charge in [0, 0.05) is 44.6 Å². The van der Waals surface area contributed by atoms with Gasteiger partial charge in [-0.2, -0.15) is 0 Å². The number of carbonyl (C=O) groups excluding carboxylic acids is 2. The van der Waals surface area contributed by atoms with Crippen molar-refractivity contribution in [3.63, 3.8) is 0 Å². The van der Waals surface area contributed by atoms with Crippen molar-refractivity contribution in [2.75, 3.05) is 46.4 Å². The van der Waals surface area contributed by atoms with Crippen LogP contribution in [0.2, 0.25) is 0 Å². The molecule has 7 heteroatoms. The summed E-state index contributed by atoms with van der Waals surface area (Å²) >= 11 is 0. The second-order valence-electron chi connectivity index (χ2n) is 13.1. The molecule has 1 aliphatic carbocycles. The van der Waals surface area contributed by atoms with E-state index < -0.39 is 0 Å². The van der Waals surface area contributed by atoms with Gasteiger partial charge in [-0.3, -0.25) is 9.59 Å². The average molecular weight is 594 g/mol. The van der Waals surface area contributed by atoms with Crippen LogP contribution < -0.4 is 4.74 Å². The minimum absolute atomic E-state index is 0. The molecule has 2 aromatic carbocycles. The van der Waals surface area contributed by atoms with Gasteiger partial charge in [0.15, 0.2) is 0 Å². The summed E-state index contributed by atoms with van der Waals surface area (Å²) in [7, 11) is 1.68. The Bertz CT molecular complexity index is 1170. The number of hydrogen-bond donors (Lipinski definition) is 0. The molecular weight excluding hydrogens is 546 g/mol. The van der Waals surface area contributed by atoms with Crippen LogP contribution in [0.25, 0.3) is 0 Å². The zero-order chi connectivity index (χ0) is 28.2. The summed E-state index contributed by atoms with van der Waals surface area (Å²) in [5.41, 5.74) is 2.32. The number of halogens is 1. The molecule has 6 rings (SSSR count). The lowest BCUT2D eigenvalue weighted by molar-refractivity contribution is -0.139. The van der Waals surface area contributed by atoms with Crippen molar-refractivity contribution >= 4 is 24.2 Å². The molecule has 1 spiro atoms. The van der Waals surface area contributed by atoms with E-state index in [0.717, 1.165) is 82.7 Å². The van der Waals surface area contributed by atoms with Gasteiger partial charge in [0.2, 0.25) is 11.8 Å². The summed E-state index contributed by atoms with van der Waals surface area (Å²) in [5.74, 6) is 2.63. The maximum atomic E-state index is 13.6. The monoisotopic (exact) mass is 593 g/mol. The molecule has 0 radical (unpaired) electrons. The molecule has 3 saturated heterocycles. The summed E-state index contributed by atoms with van der Waals surface area (Å²) in [6.45, 7) is 6.19. The van der Waals surface area contributed by atoms with Gasteiger partial charge in [0.05, 0.1) is 12.5 Å². The lowest BCUT2D eigenvalue weighted by Gasteiger charge is -2.39. The Balaban J connectivity index is 0.00000353. The van der Waals surface area contributed by atoms with Crippen LogP contribution in [-0.2, 0) is 16.1 Å². The molecule has 2 aromatic rings. The number of hydrogen-bond acceptors (Lipinski definition) is 4. The normalized spacial score (nSPS) is 24.9. The van der Waals surface area contributed by atoms with Crippen LogP contribution in [0.5, 0.6) is 5.75 Å². The highest BCUT2D eigenvalue weighted by Gasteiger charge is 2.48. The van der Waals surface area contributed by atoms with E-state index in [9.17, 15) is 9.59 Å². The van der Waals surface area contributed by atoms with Crippen LogP contribution in [0.4, 0.5) is 0 Å². The summed E-state index contributed by atoms with van der Waals surface area (Å²) in [4.78, 5) is 34.1. The first kappa shape index (κ1) is 30.9. The number of likely N-dealkylation sites (tertiary alicyclic amines) is 3. The lowest BCUT2D eigenvalue weighted by Crippen LogP contribution is -2.46. The van der Waals surface area contributed by atoms with Crippen LogP contribution in [0, 0.1) is 17.3 Å². The fourth-order valence-electron chi connectivity index (χ4n) is 8.05. The number of ether oxygens (including phenoxy) is 1. The van der Waals surface area contributed by atoms with Crippen LogP contribution in [0.1, 0.15) is 74.8 Å². The van der Waals surface area contributed by atoms with E-state index in [1.165, 1.54) is 31.2 Å². The average Bonchev–Trinajstić information content (AvgIpc) is 3.42. The van der Waals surface area contributed by atoms with Gasteiger partial charge in [-0.15, -0.1) is 12.4 Å². The maximum absolute atomic E-state index is 13.6. The van der Waals surface area contributed by atoms with Crippen LogP contribution in [-0.4, -0.2) is 72.9 Å². The molecule has 3 heterocycles. The molecule has 0 N–H and O–H groups in total. The quantitative estimate of drug-likeness (QED) is 0.362. The van der Waals surface area contributed by atoms with Crippen molar-refractivity contribution in [3.05, 3.63) is 65.7 Å². The second kappa shape index (κ2) is 13.8. The highest BCUT2D eigenvalue weighted by Crippen LogP contribution is 2.43. The van der Waals surface area contributed by atoms with Crippen molar-refractivity contribution in [2.24, 2.45) is 17.3 Å². The fourth-order valence-corrected chi connectivity index (χ4v) is 8.05.